The highest BCUT2D eigenvalue weighted by Gasteiger charge is 2.21. The molecule has 0 radical (unpaired) electrons. The fourth-order valence-electron chi connectivity index (χ4n) is 3.09. The molecule has 8 heteroatoms. The topological polar surface area (TPSA) is 81.2 Å². The van der Waals surface area contributed by atoms with Gasteiger partial charge in [0.15, 0.2) is 5.16 Å². The van der Waals surface area contributed by atoms with Crippen LogP contribution >= 0.6 is 27.7 Å². The van der Waals surface area contributed by atoms with E-state index < -0.39 is 0 Å². The molecule has 1 aliphatic rings. The number of nitrogens with zero attached hydrogens (tertiary/aromatic N) is 3. The van der Waals surface area contributed by atoms with Crippen molar-refractivity contribution in [2.75, 3.05) is 17.3 Å². The van der Waals surface area contributed by atoms with E-state index in [4.69, 9.17) is 5.84 Å². The fraction of sp³-hybridized carbons (Fsp3) is 0.211. The van der Waals surface area contributed by atoms with Crippen LogP contribution in [0.2, 0.25) is 0 Å². The SMILES string of the molecule is Nn1c(SCc2ccc(N3CCCC3=O)cc2)nc2ccc(Br)cc2c1=O. The van der Waals surface area contributed by atoms with Crippen LogP contribution in [-0.4, -0.2) is 22.1 Å². The first-order chi connectivity index (χ1) is 13.0. The Balaban J connectivity index is 1.53. The second-order valence-electron chi connectivity index (χ2n) is 6.34. The number of thioether (sulfide) groups is 1. The van der Waals surface area contributed by atoms with Crippen LogP contribution in [0.1, 0.15) is 18.4 Å². The standard InChI is InChI=1S/C19H17BrN4O2S/c20-13-5-8-16-15(10-13)18(26)24(21)19(22-16)27-11-12-3-6-14(7-4-12)23-9-1-2-17(23)25/h3-8,10H,1-2,9,11,21H2. The second kappa shape index (κ2) is 7.36. The molecule has 2 aromatic carbocycles. The number of aromatic nitrogens is 2. The van der Waals surface area contributed by atoms with E-state index in [1.807, 2.05) is 35.2 Å². The lowest BCUT2D eigenvalue weighted by Crippen LogP contribution is -2.29. The monoisotopic (exact) mass is 444 g/mol. The highest BCUT2D eigenvalue weighted by Crippen LogP contribution is 2.25. The molecule has 2 N–H and O–H groups in total. The normalized spacial score (nSPS) is 14.3. The van der Waals surface area contributed by atoms with Crippen LogP contribution in [0.25, 0.3) is 10.9 Å². The minimum Gasteiger partial charge on any atom is -0.334 e. The maximum atomic E-state index is 12.5. The van der Waals surface area contributed by atoms with Crippen LogP contribution in [-0.2, 0) is 10.5 Å². The summed E-state index contributed by atoms with van der Waals surface area (Å²) in [5, 5.41) is 0.949. The van der Waals surface area contributed by atoms with Crippen molar-refractivity contribution in [1.29, 1.82) is 0 Å². The first-order valence-electron chi connectivity index (χ1n) is 8.52. The van der Waals surface area contributed by atoms with Gasteiger partial charge in [-0.2, -0.15) is 0 Å². The average Bonchev–Trinajstić information content (AvgIpc) is 3.10. The lowest BCUT2D eigenvalue weighted by molar-refractivity contribution is -0.117. The molecular weight excluding hydrogens is 428 g/mol. The molecule has 0 bridgehead atoms. The Bertz CT molecular complexity index is 1080. The smallest absolute Gasteiger partial charge is 0.280 e. The van der Waals surface area contributed by atoms with Crippen molar-refractivity contribution in [2.24, 2.45) is 0 Å². The van der Waals surface area contributed by atoms with Crippen LogP contribution in [0.5, 0.6) is 0 Å². The van der Waals surface area contributed by atoms with Gasteiger partial charge in [-0.05, 0) is 42.3 Å². The molecule has 0 spiro atoms. The fourth-order valence-corrected chi connectivity index (χ4v) is 4.33. The Kier molecular flexibility index (Phi) is 4.92. The number of carbonyl (C=O) groups is 1. The summed E-state index contributed by atoms with van der Waals surface area (Å²) in [7, 11) is 0. The van der Waals surface area contributed by atoms with Gasteiger partial charge in [-0.3, -0.25) is 9.59 Å². The second-order valence-corrected chi connectivity index (χ2v) is 8.19. The molecule has 4 rings (SSSR count). The molecule has 6 nitrogen and oxygen atoms in total. The summed E-state index contributed by atoms with van der Waals surface area (Å²) in [6.07, 6.45) is 1.53. The van der Waals surface area contributed by atoms with E-state index >= 15 is 0 Å². The third kappa shape index (κ3) is 3.59. The largest absolute Gasteiger partial charge is 0.334 e. The number of hydrogen-bond acceptors (Lipinski definition) is 5. The molecule has 0 saturated carbocycles. The number of hydrogen-bond donors (Lipinski definition) is 1. The van der Waals surface area contributed by atoms with E-state index in [1.165, 1.54) is 11.8 Å². The Morgan fingerprint density at radius 2 is 1.93 bits per heavy atom. The highest BCUT2D eigenvalue weighted by molar-refractivity contribution is 9.10. The number of amides is 1. The minimum absolute atomic E-state index is 0.177. The van der Waals surface area contributed by atoms with Crippen molar-refractivity contribution in [2.45, 2.75) is 23.8 Å². The molecule has 138 valence electrons. The van der Waals surface area contributed by atoms with Crippen molar-refractivity contribution < 1.29 is 4.79 Å². The third-order valence-corrected chi connectivity index (χ3v) is 6.04. The molecule has 1 fully saturated rings. The van der Waals surface area contributed by atoms with Gasteiger partial charge >= 0.3 is 0 Å². The van der Waals surface area contributed by atoms with E-state index in [0.717, 1.165) is 33.4 Å². The van der Waals surface area contributed by atoms with Crippen LogP contribution in [0, 0.1) is 0 Å². The summed E-state index contributed by atoms with van der Waals surface area (Å²) in [6.45, 7) is 0.781. The van der Waals surface area contributed by atoms with Crippen molar-refractivity contribution in [3.05, 3.63) is 62.9 Å². The summed E-state index contributed by atoms with van der Waals surface area (Å²) in [4.78, 5) is 30.6. The number of carbonyl (C=O) groups excluding carboxylic acids is 1. The van der Waals surface area contributed by atoms with Crippen LogP contribution < -0.4 is 16.3 Å². The van der Waals surface area contributed by atoms with Gasteiger partial charge < -0.3 is 10.7 Å². The summed E-state index contributed by atoms with van der Waals surface area (Å²) in [5.41, 5.74) is 2.35. The van der Waals surface area contributed by atoms with Gasteiger partial charge in [-0.15, -0.1) is 0 Å². The average molecular weight is 445 g/mol. The van der Waals surface area contributed by atoms with Gasteiger partial charge in [-0.25, -0.2) is 9.66 Å². The van der Waals surface area contributed by atoms with Gasteiger partial charge in [0.2, 0.25) is 5.91 Å². The highest BCUT2D eigenvalue weighted by atomic mass is 79.9. The van der Waals surface area contributed by atoms with Crippen molar-refractivity contribution >= 4 is 50.2 Å². The molecule has 1 saturated heterocycles. The van der Waals surface area contributed by atoms with Gasteiger partial charge in [0.05, 0.1) is 10.9 Å². The van der Waals surface area contributed by atoms with Crippen molar-refractivity contribution in [3.8, 4) is 0 Å². The van der Waals surface area contributed by atoms with Crippen LogP contribution in [0.4, 0.5) is 5.69 Å². The number of nitrogen functional groups attached to an aromatic ring is 1. The van der Waals surface area contributed by atoms with Gasteiger partial charge in [0.1, 0.15) is 0 Å². The number of benzene rings is 2. The third-order valence-electron chi connectivity index (χ3n) is 4.52. The zero-order chi connectivity index (χ0) is 19.0. The first-order valence-corrected chi connectivity index (χ1v) is 10.3. The van der Waals surface area contributed by atoms with E-state index in [9.17, 15) is 9.59 Å². The molecule has 3 aromatic rings. The van der Waals surface area contributed by atoms with Crippen molar-refractivity contribution in [1.82, 2.24) is 9.66 Å². The minimum atomic E-state index is -0.272. The molecule has 0 atom stereocenters. The van der Waals surface area contributed by atoms with Crippen molar-refractivity contribution in [3.63, 3.8) is 0 Å². The molecule has 0 unspecified atom stereocenters. The van der Waals surface area contributed by atoms with Crippen LogP contribution in [0.3, 0.4) is 0 Å². The summed E-state index contributed by atoms with van der Waals surface area (Å²) >= 11 is 4.76. The Hall–Kier alpha value is -2.32. The zero-order valence-corrected chi connectivity index (χ0v) is 16.8. The van der Waals surface area contributed by atoms with Gasteiger partial charge in [0, 0.05) is 28.9 Å². The molecule has 1 amide bonds. The maximum Gasteiger partial charge on any atom is 0.280 e. The molecule has 2 heterocycles. The van der Waals surface area contributed by atoms with E-state index in [0.29, 0.717) is 28.2 Å². The number of halogens is 1. The number of anilines is 1. The maximum absolute atomic E-state index is 12.5. The summed E-state index contributed by atoms with van der Waals surface area (Å²) in [5.74, 6) is 6.75. The number of fused-ring (bicyclic) bond motifs is 1. The van der Waals surface area contributed by atoms with E-state index in [2.05, 4.69) is 20.9 Å². The van der Waals surface area contributed by atoms with Gasteiger partial charge in [0.25, 0.3) is 5.56 Å². The summed E-state index contributed by atoms with van der Waals surface area (Å²) < 4.78 is 1.90. The predicted octanol–water partition coefficient (Wildman–Crippen LogP) is 3.29. The van der Waals surface area contributed by atoms with Gasteiger partial charge in [-0.1, -0.05) is 39.8 Å². The zero-order valence-electron chi connectivity index (χ0n) is 14.4. The van der Waals surface area contributed by atoms with Crippen LogP contribution in [0.15, 0.2) is 56.9 Å². The molecule has 1 aromatic heterocycles. The molecule has 27 heavy (non-hydrogen) atoms. The summed E-state index contributed by atoms with van der Waals surface area (Å²) in [6, 6.07) is 13.3. The lowest BCUT2D eigenvalue weighted by atomic mass is 10.2. The Morgan fingerprint density at radius 1 is 1.15 bits per heavy atom. The number of rotatable bonds is 4. The van der Waals surface area contributed by atoms with E-state index in [-0.39, 0.29) is 11.5 Å². The lowest BCUT2D eigenvalue weighted by Gasteiger charge is -2.16. The van der Waals surface area contributed by atoms with E-state index in [1.54, 1.807) is 12.1 Å². The molecule has 0 aliphatic carbocycles. The predicted molar refractivity (Wildman–Crippen MR) is 111 cm³/mol. The Labute approximate surface area is 168 Å². The number of nitrogens with two attached hydrogens (primary N) is 1. The quantitative estimate of drug-likeness (QED) is 0.379. The Morgan fingerprint density at radius 3 is 2.63 bits per heavy atom. The molecular formula is C19H17BrN4O2S. The molecule has 1 aliphatic heterocycles. The first kappa shape index (κ1) is 18.1.